The second-order valence-corrected chi connectivity index (χ2v) is 6.64. The Morgan fingerprint density at radius 2 is 2.05 bits per heavy atom. The van der Waals surface area contributed by atoms with Crippen LogP contribution in [0.4, 0.5) is 4.79 Å². The molecule has 2 amide bonds. The molecule has 7 heteroatoms. The maximum atomic E-state index is 12.6. The Morgan fingerprint density at radius 1 is 1.33 bits per heavy atom. The molecule has 2 saturated heterocycles. The number of amides is 2. The van der Waals surface area contributed by atoms with E-state index < -0.39 is 0 Å². The quantitative estimate of drug-likeness (QED) is 0.893. The molecule has 1 aromatic rings. The summed E-state index contributed by atoms with van der Waals surface area (Å²) < 4.78 is 2.87. The molecule has 0 saturated carbocycles. The number of halogens is 1. The van der Waals surface area contributed by atoms with Gasteiger partial charge in [0.15, 0.2) is 0 Å². The second kappa shape index (κ2) is 5.96. The van der Waals surface area contributed by atoms with Crippen LogP contribution in [0.1, 0.15) is 24.2 Å². The van der Waals surface area contributed by atoms with Crippen molar-refractivity contribution in [3.63, 3.8) is 0 Å². The van der Waals surface area contributed by atoms with E-state index in [-0.39, 0.29) is 6.03 Å². The first kappa shape index (κ1) is 14.8. The van der Waals surface area contributed by atoms with Crippen LogP contribution in [0.25, 0.3) is 0 Å². The van der Waals surface area contributed by atoms with E-state index in [1.807, 2.05) is 23.6 Å². The SMILES string of the molecule is Cc1nn(C)c(CN2CCN(C3CCNCC3)C2=O)c1Br. The van der Waals surface area contributed by atoms with Gasteiger partial charge in [0.1, 0.15) is 0 Å². The first-order valence-electron chi connectivity index (χ1n) is 7.52. The molecule has 21 heavy (non-hydrogen) atoms. The molecule has 3 rings (SSSR count). The number of hydrogen-bond donors (Lipinski definition) is 1. The molecule has 0 spiro atoms. The second-order valence-electron chi connectivity index (χ2n) is 5.85. The van der Waals surface area contributed by atoms with Crippen molar-refractivity contribution >= 4 is 22.0 Å². The molecule has 2 fully saturated rings. The predicted molar refractivity (Wildman–Crippen MR) is 84.0 cm³/mol. The minimum atomic E-state index is 0.174. The summed E-state index contributed by atoms with van der Waals surface area (Å²) in [4.78, 5) is 16.6. The standard InChI is InChI=1S/C14H22BrN5O/c1-10-13(15)12(18(2)17-10)9-19-7-8-20(14(19)21)11-3-5-16-6-4-11/h11,16H,3-9H2,1-2H3. The van der Waals surface area contributed by atoms with E-state index in [2.05, 4.69) is 31.2 Å². The molecule has 0 atom stereocenters. The third-order valence-corrected chi connectivity index (χ3v) is 5.51. The van der Waals surface area contributed by atoms with Crippen LogP contribution in [0.15, 0.2) is 4.47 Å². The molecule has 1 aromatic heterocycles. The van der Waals surface area contributed by atoms with Crippen LogP contribution >= 0.6 is 15.9 Å². The maximum Gasteiger partial charge on any atom is 0.320 e. The molecular weight excluding hydrogens is 334 g/mol. The Kier molecular flexibility index (Phi) is 4.21. The van der Waals surface area contributed by atoms with Crippen LogP contribution in [-0.2, 0) is 13.6 Å². The van der Waals surface area contributed by atoms with Crippen molar-refractivity contribution in [1.29, 1.82) is 0 Å². The number of piperidine rings is 1. The van der Waals surface area contributed by atoms with Gasteiger partial charge < -0.3 is 15.1 Å². The Balaban J connectivity index is 1.69. The van der Waals surface area contributed by atoms with Crippen LogP contribution in [0, 0.1) is 6.92 Å². The summed E-state index contributed by atoms with van der Waals surface area (Å²) in [6, 6.07) is 0.577. The number of urea groups is 1. The lowest BCUT2D eigenvalue weighted by molar-refractivity contribution is 0.164. The zero-order valence-corrected chi connectivity index (χ0v) is 14.2. The fourth-order valence-corrected chi connectivity index (χ4v) is 3.70. The van der Waals surface area contributed by atoms with Crippen molar-refractivity contribution in [2.45, 2.75) is 32.4 Å². The molecule has 0 aromatic carbocycles. The van der Waals surface area contributed by atoms with Gasteiger partial charge in [0.05, 0.1) is 22.4 Å². The van der Waals surface area contributed by atoms with Crippen molar-refractivity contribution < 1.29 is 4.79 Å². The molecule has 0 aliphatic carbocycles. The Labute approximate surface area is 133 Å². The number of nitrogens with one attached hydrogen (secondary N) is 1. The average Bonchev–Trinajstić information content (AvgIpc) is 2.96. The van der Waals surface area contributed by atoms with Gasteiger partial charge >= 0.3 is 6.03 Å². The minimum absolute atomic E-state index is 0.174. The molecule has 6 nitrogen and oxygen atoms in total. The van der Waals surface area contributed by atoms with Crippen LogP contribution in [0.3, 0.4) is 0 Å². The lowest BCUT2D eigenvalue weighted by atomic mass is 10.1. The maximum absolute atomic E-state index is 12.6. The molecule has 0 bridgehead atoms. The Morgan fingerprint density at radius 3 is 2.67 bits per heavy atom. The van der Waals surface area contributed by atoms with E-state index in [1.54, 1.807) is 0 Å². The zero-order chi connectivity index (χ0) is 15.0. The number of carbonyl (C=O) groups is 1. The highest BCUT2D eigenvalue weighted by atomic mass is 79.9. The molecule has 0 radical (unpaired) electrons. The number of aryl methyl sites for hydroxylation is 2. The number of carbonyl (C=O) groups excluding carboxylic acids is 1. The number of hydrogen-bond acceptors (Lipinski definition) is 3. The fraction of sp³-hybridized carbons (Fsp3) is 0.714. The van der Waals surface area contributed by atoms with Crippen LogP contribution in [0.2, 0.25) is 0 Å². The van der Waals surface area contributed by atoms with Gasteiger partial charge in [-0.05, 0) is 48.8 Å². The first-order chi connectivity index (χ1) is 10.1. The van der Waals surface area contributed by atoms with E-state index in [0.717, 1.165) is 54.9 Å². The summed E-state index contributed by atoms with van der Waals surface area (Å²) in [6.45, 7) is 6.28. The topological polar surface area (TPSA) is 53.4 Å². The van der Waals surface area contributed by atoms with Crippen LogP contribution < -0.4 is 5.32 Å². The van der Waals surface area contributed by atoms with Gasteiger partial charge in [-0.2, -0.15) is 5.10 Å². The smallest absolute Gasteiger partial charge is 0.320 e. The Hall–Kier alpha value is -1.08. The number of nitrogens with zero attached hydrogens (tertiary/aromatic N) is 4. The van der Waals surface area contributed by atoms with Gasteiger partial charge in [-0.1, -0.05) is 0 Å². The van der Waals surface area contributed by atoms with E-state index >= 15 is 0 Å². The zero-order valence-electron chi connectivity index (χ0n) is 12.6. The first-order valence-corrected chi connectivity index (χ1v) is 8.31. The molecular formula is C14H22BrN5O. The van der Waals surface area contributed by atoms with Crippen molar-refractivity contribution in [3.8, 4) is 0 Å². The Bertz CT molecular complexity index is 538. The third-order valence-electron chi connectivity index (χ3n) is 4.48. The summed E-state index contributed by atoms with van der Waals surface area (Å²) in [7, 11) is 1.93. The van der Waals surface area contributed by atoms with Gasteiger partial charge in [0.25, 0.3) is 0 Å². The van der Waals surface area contributed by atoms with Crippen LogP contribution in [0.5, 0.6) is 0 Å². The lowest BCUT2D eigenvalue weighted by Crippen LogP contribution is -2.45. The van der Waals surface area contributed by atoms with E-state index in [4.69, 9.17) is 0 Å². The highest BCUT2D eigenvalue weighted by Crippen LogP contribution is 2.25. The van der Waals surface area contributed by atoms with Crippen molar-refractivity contribution in [2.24, 2.45) is 7.05 Å². The monoisotopic (exact) mass is 355 g/mol. The highest BCUT2D eigenvalue weighted by Gasteiger charge is 2.34. The number of rotatable bonds is 3. The molecule has 3 heterocycles. The predicted octanol–water partition coefficient (Wildman–Crippen LogP) is 1.48. The van der Waals surface area contributed by atoms with Crippen LogP contribution in [-0.4, -0.2) is 57.8 Å². The van der Waals surface area contributed by atoms with Crippen molar-refractivity contribution in [2.75, 3.05) is 26.2 Å². The molecule has 0 unspecified atom stereocenters. The normalized spacial score (nSPS) is 20.6. The largest absolute Gasteiger partial charge is 0.320 e. The molecule has 116 valence electrons. The van der Waals surface area contributed by atoms with Gasteiger partial charge in [-0.25, -0.2) is 4.79 Å². The van der Waals surface area contributed by atoms with Gasteiger partial charge in [-0.3, -0.25) is 4.68 Å². The fourth-order valence-electron chi connectivity index (χ4n) is 3.24. The summed E-state index contributed by atoms with van der Waals surface area (Å²) in [5.41, 5.74) is 2.03. The summed E-state index contributed by atoms with van der Waals surface area (Å²) in [6.07, 6.45) is 2.13. The van der Waals surface area contributed by atoms with Gasteiger partial charge in [0.2, 0.25) is 0 Å². The summed E-state index contributed by atoms with van der Waals surface area (Å²) in [5.74, 6) is 0. The summed E-state index contributed by atoms with van der Waals surface area (Å²) >= 11 is 3.58. The van der Waals surface area contributed by atoms with Gasteiger partial charge in [-0.15, -0.1) is 0 Å². The van der Waals surface area contributed by atoms with Crippen molar-refractivity contribution in [1.82, 2.24) is 24.9 Å². The van der Waals surface area contributed by atoms with Gasteiger partial charge in [0, 0.05) is 26.2 Å². The van der Waals surface area contributed by atoms with E-state index in [9.17, 15) is 4.79 Å². The van der Waals surface area contributed by atoms with Crippen molar-refractivity contribution in [3.05, 3.63) is 15.9 Å². The molecule has 1 N–H and O–H groups in total. The third kappa shape index (κ3) is 2.81. The lowest BCUT2D eigenvalue weighted by Gasteiger charge is -2.31. The molecule has 2 aliphatic heterocycles. The van der Waals surface area contributed by atoms with E-state index in [0.29, 0.717) is 12.6 Å². The summed E-state index contributed by atoms with van der Waals surface area (Å²) in [5, 5.41) is 7.75. The minimum Gasteiger partial charge on any atom is -0.320 e. The number of aromatic nitrogens is 2. The molecule has 2 aliphatic rings. The van der Waals surface area contributed by atoms with E-state index in [1.165, 1.54) is 0 Å². The highest BCUT2D eigenvalue weighted by molar-refractivity contribution is 9.10. The average molecular weight is 356 g/mol.